The third kappa shape index (κ3) is 3.42. The van der Waals surface area contributed by atoms with Crippen LogP contribution >= 0.6 is 0 Å². The number of nitrogens with one attached hydrogen (secondary N) is 1. The summed E-state index contributed by atoms with van der Waals surface area (Å²) in [6.07, 6.45) is 4.38. The first kappa shape index (κ1) is 12.8. The molecule has 4 nitrogen and oxygen atoms in total. The number of nitrogens with zero attached hydrogens (tertiary/aromatic N) is 2. The highest BCUT2D eigenvalue weighted by Crippen LogP contribution is 2.21. The van der Waals surface area contributed by atoms with Gasteiger partial charge in [-0.05, 0) is 32.4 Å². The molecule has 0 aliphatic carbocycles. The summed E-state index contributed by atoms with van der Waals surface area (Å²) in [7, 11) is 0. The lowest BCUT2D eigenvalue weighted by Crippen LogP contribution is -2.40. The van der Waals surface area contributed by atoms with Crippen molar-refractivity contribution in [1.82, 2.24) is 15.1 Å². The fourth-order valence-electron chi connectivity index (χ4n) is 2.96. The third-order valence-corrected chi connectivity index (χ3v) is 3.92. The molecule has 0 bridgehead atoms. The first-order chi connectivity index (χ1) is 8.31. The van der Waals surface area contributed by atoms with Gasteiger partial charge in [-0.2, -0.15) is 0 Å². The van der Waals surface area contributed by atoms with Gasteiger partial charge >= 0.3 is 0 Å². The SMILES string of the molecule is CCNCCC(=O)N1CCCN2CCCC2C1. The molecule has 4 heteroatoms. The third-order valence-electron chi connectivity index (χ3n) is 3.92. The van der Waals surface area contributed by atoms with Crippen LogP contribution in [-0.4, -0.2) is 61.0 Å². The van der Waals surface area contributed by atoms with Crippen molar-refractivity contribution in [3.8, 4) is 0 Å². The fraction of sp³-hybridized carbons (Fsp3) is 0.923. The van der Waals surface area contributed by atoms with Crippen LogP contribution in [0.25, 0.3) is 0 Å². The van der Waals surface area contributed by atoms with E-state index in [2.05, 4.69) is 22.0 Å². The van der Waals surface area contributed by atoms with Crippen LogP contribution in [-0.2, 0) is 4.79 Å². The van der Waals surface area contributed by atoms with Crippen molar-refractivity contribution in [2.75, 3.05) is 39.3 Å². The van der Waals surface area contributed by atoms with E-state index in [0.29, 0.717) is 18.4 Å². The molecule has 1 amide bonds. The van der Waals surface area contributed by atoms with E-state index in [4.69, 9.17) is 0 Å². The van der Waals surface area contributed by atoms with Gasteiger partial charge in [0.2, 0.25) is 5.91 Å². The lowest BCUT2D eigenvalue weighted by atomic mass is 10.2. The van der Waals surface area contributed by atoms with Gasteiger partial charge < -0.3 is 10.2 Å². The molecule has 0 radical (unpaired) electrons. The minimum atomic E-state index is 0.333. The molecule has 0 aromatic rings. The van der Waals surface area contributed by atoms with Crippen LogP contribution in [0.2, 0.25) is 0 Å². The van der Waals surface area contributed by atoms with E-state index in [1.54, 1.807) is 0 Å². The molecule has 2 heterocycles. The highest BCUT2D eigenvalue weighted by Gasteiger charge is 2.30. The first-order valence-corrected chi connectivity index (χ1v) is 7.04. The van der Waals surface area contributed by atoms with E-state index in [9.17, 15) is 4.79 Å². The number of hydrogen-bond donors (Lipinski definition) is 1. The zero-order valence-electron chi connectivity index (χ0n) is 11.0. The standard InChI is InChI=1S/C13H25N3O/c1-2-14-7-6-13(17)16-10-4-9-15-8-3-5-12(15)11-16/h12,14H,2-11H2,1H3. The van der Waals surface area contributed by atoms with Crippen molar-refractivity contribution in [2.24, 2.45) is 0 Å². The summed E-state index contributed by atoms with van der Waals surface area (Å²) in [5, 5.41) is 3.22. The number of hydrogen-bond acceptors (Lipinski definition) is 3. The Hall–Kier alpha value is -0.610. The molecular formula is C13H25N3O. The summed E-state index contributed by atoms with van der Waals surface area (Å²) < 4.78 is 0. The Morgan fingerprint density at radius 1 is 1.29 bits per heavy atom. The van der Waals surface area contributed by atoms with E-state index in [0.717, 1.165) is 32.6 Å². The Morgan fingerprint density at radius 3 is 2.94 bits per heavy atom. The number of fused-ring (bicyclic) bond motifs is 1. The summed E-state index contributed by atoms with van der Waals surface area (Å²) in [6.45, 7) is 8.19. The quantitative estimate of drug-likeness (QED) is 0.733. The van der Waals surface area contributed by atoms with Crippen LogP contribution in [0.3, 0.4) is 0 Å². The number of rotatable bonds is 4. The Bertz CT molecular complexity index is 257. The van der Waals surface area contributed by atoms with Gasteiger partial charge in [-0.25, -0.2) is 0 Å². The molecule has 2 saturated heterocycles. The fourth-order valence-corrected chi connectivity index (χ4v) is 2.96. The maximum Gasteiger partial charge on any atom is 0.223 e. The molecule has 2 aliphatic heterocycles. The highest BCUT2D eigenvalue weighted by molar-refractivity contribution is 5.76. The summed E-state index contributed by atoms with van der Waals surface area (Å²) in [5.74, 6) is 0.333. The van der Waals surface area contributed by atoms with Crippen molar-refractivity contribution >= 4 is 5.91 Å². The van der Waals surface area contributed by atoms with Gasteiger partial charge in [-0.3, -0.25) is 9.69 Å². The highest BCUT2D eigenvalue weighted by atomic mass is 16.2. The van der Waals surface area contributed by atoms with Gasteiger partial charge in [0.15, 0.2) is 0 Å². The monoisotopic (exact) mass is 239 g/mol. The average molecular weight is 239 g/mol. The van der Waals surface area contributed by atoms with E-state index in [1.807, 2.05) is 0 Å². The molecule has 0 aromatic carbocycles. The normalized spacial score (nSPS) is 25.7. The number of carbonyl (C=O) groups excluding carboxylic acids is 1. The molecule has 2 fully saturated rings. The summed E-state index contributed by atoms with van der Waals surface area (Å²) in [5.41, 5.74) is 0. The van der Waals surface area contributed by atoms with Crippen LogP contribution in [0.1, 0.15) is 32.6 Å². The molecular weight excluding hydrogens is 214 g/mol. The van der Waals surface area contributed by atoms with Crippen LogP contribution in [0.4, 0.5) is 0 Å². The zero-order chi connectivity index (χ0) is 12.1. The van der Waals surface area contributed by atoms with Gasteiger partial charge in [0, 0.05) is 38.6 Å². The van der Waals surface area contributed by atoms with Crippen LogP contribution in [0.5, 0.6) is 0 Å². The van der Waals surface area contributed by atoms with E-state index in [-0.39, 0.29) is 0 Å². The van der Waals surface area contributed by atoms with E-state index >= 15 is 0 Å². The second-order valence-corrected chi connectivity index (χ2v) is 5.13. The lowest BCUT2D eigenvalue weighted by molar-refractivity contribution is -0.131. The van der Waals surface area contributed by atoms with Gasteiger partial charge in [0.1, 0.15) is 0 Å². The summed E-state index contributed by atoms with van der Waals surface area (Å²) in [6, 6.07) is 0.639. The molecule has 2 aliphatic rings. The van der Waals surface area contributed by atoms with Crippen LogP contribution in [0.15, 0.2) is 0 Å². The Morgan fingerprint density at radius 2 is 2.12 bits per heavy atom. The largest absolute Gasteiger partial charge is 0.341 e. The second kappa shape index (κ2) is 6.36. The molecule has 2 rings (SSSR count). The van der Waals surface area contributed by atoms with E-state index in [1.165, 1.54) is 25.9 Å². The first-order valence-electron chi connectivity index (χ1n) is 7.04. The number of amides is 1. The maximum absolute atomic E-state index is 12.1. The molecule has 0 aromatic heterocycles. The van der Waals surface area contributed by atoms with Crippen molar-refractivity contribution in [3.63, 3.8) is 0 Å². The molecule has 1 atom stereocenters. The molecule has 0 saturated carbocycles. The van der Waals surface area contributed by atoms with Crippen molar-refractivity contribution < 1.29 is 4.79 Å². The van der Waals surface area contributed by atoms with Gasteiger partial charge in [0.05, 0.1) is 0 Å². The summed E-state index contributed by atoms with van der Waals surface area (Å²) in [4.78, 5) is 16.7. The van der Waals surface area contributed by atoms with Gasteiger partial charge in [-0.15, -0.1) is 0 Å². The lowest BCUT2D eigenvalue weighted by Gasteiger charge is -2.25. The van der Waals surface area contributed by atoms with Crippen LogP contribution in [0, 0.1) is 0 Å². The molecule has 1 unspecified atom stereocenters. The van der Waals surface area contributed by atoms with Crippen molar-refractivity contribution in [2.45, 2.75) is 38.6 Å². The molecule has 98 valence electrons. The Balaban J connectivity index is 1.81. The Kier molecular flexibility index (Phi) is 4.80. The predicted molar refractivity (Wildman–Crippen MR) is 69.0 cm³/mol. The molecule has 0 spiro atoms. The van der Waals surface area contributed by atoms with Gasteiger partial charge in [-0.1, -0.05) is 6.92 Å². The topological polar surface area (TPSA) is 35.6 Å². The molecule has 17 heavy (non-hydrogen) atoms. The summed E-state index contributed by atoms with van der Waals surface area (Å²) >= 11 is 0. The van der Waals surface area contributed by atoms with Crippen LogP contribution < -0.4 is 5.32 Å². The minimum Gasteiger partial charge on any atom is -0.341 e. The smallest absolute Gasteiger partial charge is 0.223 e. The van der Waals surface area contributed by atoms with Gasteiger partial charge in [0.25, 0.3) is 0 Å². The Labute approximate surface area is 104 Å². The second-order valence-electron chi connectivity index (χ2n) is 5.13. The zero-order valence-corrected chi connectivity index (χ0v) is 11.0. The maximum atomic E-state index is 12.1. The van der Waals surface area contributed by atoms with E-state index < -0.39 is 0 Å². The van der Waals surface area contributed by atoms with Crippen molar-refractivity contribution in [1.29, 1.82) is 0 Å². The predicted octanol–water partition coefficient (Wildman–Crippen LogP) is 0.683. The average Bonchev–Trinajstić information content (AvgIpc) is 2.66. The minimum absolute atomic E-state index is 0.333. The number of carbonyl (C=O) groups is 1. The van der Waals surface area contributed by atoms with Crippen molar-refractivity contribution in [3.05, 3.63) is 0 Å². The molecule has 1 N–H and O–H groups in total.